The lowest BCUT2D eigenvalue weighted by molar-refractivity contribution is -0.131. The van der Waals surface area contributed by atoms with Crippen LogP contribution in [0.2, 0.25) is 0 Å². The summed E-state index contributed by atoms with van der Waals surface area (Å²) >= 11 is 6.23. The highest BCUT2D eigenvalue weighted by molar-refractivity contribution is 6.20. The van der Waals surface area contributed by atoms with Gasteiger partial charge in [0.05, 0.1) is 5.60 Å². The molecule has 0 radical (unpaired) electrons. The molecule has 0 amide bonds. The zero-order valence-electron chi connectivity index (χ0n) is 8.61. The van der Waals surface area contributed by atoms with Crippen molar-refractivity contribution in [3.8, 4) is 0 Å². The van der Waals surface area contributed by atoms with Crippen molar-refractivity contribution in [3.05, 3.63) is 0 Å². The minimum absolute atomic E-state index is 0.109. The molecular formula is C11H19ClO. The van der Waals surface area contributed by atoms with Crippen LogP contribution in [0.25, 0.3) is 0 Å². The van der Waals surface area contributed by atoms with Crippen LogP contribution in [0.1, 0.15) is 46.0 Å². The van der Waals surface area contributed by atoms with Gasteiger partial charge in [-0.2, -0.15) is 0 Å². The second-order valence-electron chi connectivity index (χ2n) is 5.17. The Balaban J connectivity index is 2.18. The predicted molar refractivity (Wildman–Crippen MR) is 55.2 cm³/mol. The van der Waals surface area contributed by atoms with Crippen molar-refractivity contribution < 1.29 is 4.74 Å². The van der Waals surface area contributed by atoms with Crippen molar-refractivity contribution in [1.29, 1.82) is 0 Å². The molecule has 0 bridgehead atoms. The number of halogens is 1. The molecule has 1 saturated carbocycles. The van der Waals surface area contributed by atoms with E-state index >= 15 is 0 Å². The van der Waals surface area contributed by atoms with Crippen LogP contribution >= 0.6 is 11.6 Å². The fourth-order valence-corrected chi connectivity index (χ4v) is 3.27. The average Bonchev–Trinajstić information content (AvgIpc) is 2.27. The first kappa shape index (κ1) is 9.79. The summed E-state index contributed by atoms with van der Waals surface area (Å²) in [7, 11) is 0. The minimum Gasteiger partial charge on any atom is -0.374 e. The molecule has 1 aliphatic carbocycles. The van der Waals surface area contributed by atoms with Crippen molar-refractivity contribution in [2.24, 2.45) is 5.41 Å². The normalized spacial score (nSPS) is 44.1. The molecule has 1 spiro atoms. The van der Waals surface area contributed by atoms with Gasteiger partial charge in [0.25, 0.3) is 0 Å². The van der Waals surface area contributed by atoms with Crippen molar-refractivity contribution in [1.82, 2.24) is 0 Å². The Bertz CT molecular complexity index is 202. The van der Waals surface area contributed by atoms with Crippen LogP contribution in [0.3, 0.4) is 0 Å². The molecule has 13 heavy (non-hydrogen) atoms. The Morgan fingerprint density at radius 2 is 2.08 bits per heavy atom. The van der Waals surface area contributed by atoms with Gasteiger partial charge in [-0.05, 0) is 37.5 Å². The lowest BCUT2D eigenvalue weighted by Gasteiger charge is -2.45. The van der Waals surface area contributed by atoms with E-state index < -0.39 is 0 Å². The van der Waals surface area contributed by atoms with E-state index in [0.717, 1.165) is 19.4 Å². The monoisotopic (exact) mass is 202 g/mol. The molecule has 1 heterocycles. The number of rotatable bonds is 0. The van der Waals surface area contributed by atoms with Crippen molar-refractivity contribution in [3.63, 3.8) is 0 Å². The summed E-state index contributed by atoms with van der Waals surface area (Å²) in [4.78, 5) is 0. The van der Waals surface area contributed by atoms with Crippen molar-refractivity contribution in [2.45, 2.75) is 56.9 Å². The summed E-state index contributed by atoms with van der Waals surface area (Å²) in [6.07, 6.45) is 5.89. The van der Waals surface area contributed by atoms with E-state index in [-0.39, 0.29) is 5.60 Å². The van der Waals surface area contributed by atoms with E-state index in [1.807, 2.05) is 0 Å². The fourth-order valence-electron chi connectivity index (χ4n) is 2.93. The summed E-state index contributed by atoms with van der Waals surface area (Å²) < 4.78 is 6.03. The largest absolute Gasteiger partial charge is 0.374 e. The van der Waals surface area contributed by atoms with Gasteiger partial charge in [-0.25, -0.2) is 0 Å². The molecule has 0 aromatic rings. The van der Waals surface area contributed by atoms with Gasteiger partial charge in [0, 0.05) is 12.0 Å². The van der Waals surface area contributed by atoms with Gasteiger partial charge in [-0.1, -0.05) is 13.8 Å². The minimum atomic E-state index is 0.109. The van der Waals surface area contributed by atoms with Crippen molar-refractivity contribution >= 4 is 11.6 Å². The first-order valence-electron chi connectivity index (χ1n) is 5.34. The second kappa shape index (κ2) is 3.13. The van der Waals surface area contributed by atoms with Gasteiger partial charge in [-0.15, -0.1) is 11.6 Å². The molecule has 1 nitrogen and oxygen atoms in total. The van der Waals surface area contributed by atoms with Gasteiger partial charge in [0.1, 0.15) is 0 Å². The predicted octanol–water partition coefficient (Wildman–Crippen LogP) is 3.35. The molecule has 2 aliphatic rings. The first-order valence-corrected chi connectivity index (χ1v) is 5.77. The molecule has 2 heteroatoms. The van der Waals surface area contributed by atoms with E-state index in [9.17, 15) is 0 Å². The molecule has 2 rings (SSSR count). The number of hydrogen-bond acceptors (Lipinski definition) is 1. The van der Waals surface area contributed by atoms with Gasteiger partial charge < -0.3 is 4.74 Å². The summed E-state index contributed by atoms with van der Waals surface area (Å²) in [5.74, 6) is 0. The summed E-state index contributed by atoms with van der Waals surface area (Å²) in [5, 5.41) is 0.339. The Morgan fingerprint density at radius 3 is 2.62 bits per heavy atom. The van der Waals surface area contributed by atoms with E-state index in [1.165, 1.54) is 19.3 Å². The quantitative estimate of drug-likeness (QED) is 0.548. The molecular weight excluding hydrogens is 184 g/mol. The topological polar surface area (TPSA) is 9.23 Å². The maximum absolute atomic E-state index is 6.23. The second-order valence-corrected chi connectivity index (χ2v) is 5.79. The van der Waals surface area contributed by atoms with Gasteiger partial charge in [0.15, 0.2) is 0 Å². The van der Waals surface area contributed by atoms with Gasteiger partial charge >= 0.3 is 0 Å². The Morgan fingerprint density at radius 1 is 1.31 bits per heavy atom. The zero-order chi connectivity index (χ0) is 9.53. The van der Waals surface area contributed by atoms with Gasteiger partial charge in [0.2, 0.25) is 0 Å². The van der Waals surface area contributed by atoms with Crippen LogP contribution in [0, 0.1) is 5.41 Å². The molecule has 2 unspecified atom stereocenters. The SMILES string of the molecule is CC1(C)CCCC12CC(Cl)CCO2. The third-order valence-electron chi connectivity index (χ3n) is 3.98. The molecule has 0 aromatic carbocycles. The highest BCUT2D eigenvalue weighted by Crippen LogP contribution is 2.53. The third kappa shape index (κ3) is 1.50. The Kier molecular flexibility index (Phi) is 2.36. The zero-order valence-corrected chi connectivity index (χ0v) is 9.36. The molecule has 1 saturated heterocycles. The van der Waals surface area contributed by atoms with E-state index in [0.29, 0.717) is 10.8 Å². The van der Waals surface area contributed by atoms with Crippen LogP contribution in [0.15, 0.2) is 0 Å². The molecule has 0 N–H and O–H groups in total. The Hall–Kier alpha value is 0.250. The molecule has 2 atom stereocenters. The number of hydrogen-bond donors (Lipinski definition) is 0. The standard InChI is InChI=1S/C11H19ClO/c1-10(2)5-3-6-11(10)8-9(12)4-7-13-11/h9H,3-8H2,1-2H3. The molecule has 2 fully saturated rings. The van der Waals surface area contributed by atoms with E-state index in [1.54, 1.807) is 0 Å². The summed E-state index contributed by atoms with van der Waals surface area (Å²) in [5.41, 5.74) is 0.443. The van der Waals surface area contributed by atoms with Crippen LogP contribution in [-0.2, 0) is 4.74 Å². The van der Waals surface area contributed by atoms with Crippen LogP contribution in [-0.4, -0.2) is 17.6 Å². The summed E-state index contributed by atoms with van der Waals surface area (Å²) in [6, 6.07) is 0. The third-order valence-corrected chi connectivity index (χ3v) is 4.35. The maximum Gasteiger partial charge on any atom is 0.0747 e. The van der Waals surface area contributed by atoms with E-state index in [2.05, 4.69) is 13.8 Å². The van der Waals surface area contributed by atoms with Gasteiger partial charge in [-0.3, -0.25) is 0 Å². The smallest absolute Gasteiger partial charge is 0.0747 e. The van der Waals surface area contributed by atoms with Crippen LogP contribution in [0.5, 0.6) is 0 Å². The summed E-state index contributed by atoms with van der Waals surface area (Å²) in [6.45, 7) is 5.52. The lowest BCUT2D eigenvalue weighted by Crippen LogP contribution is -2.47. The first-order chi connectivity index (χ1) is 6.06. The van der Waals surface area contributed by atoms with Crippen molar-refractivity contribution in [2.75, 3.05) is 6.61 Å². The number of alkyl halides is 1. The maximum atomic E-state index is 6.23. The molecule has 76 valence electrons. The highest BCUT2D eigenvalue weighted by atomic mass is 35.5. The molecule has 0 aromatic heterocycles. The van der Waals surface area contributed by atoms with Crippen LogP contribution < -0.4 is 0 Å². The van der Waals surface area contributed by atoms with Crippen LogP contribution in [0.4, 0.5) is 0 Å². The molecule has 1 aliphatic heterocycles. The van der Waals surface area contributed by atoms with E-state index in [4.69, 9.17) is 16.3 Å². The number of ether oxygens (including phenoxy) is 1. The Labute approximate surface area is 85.8 Å². The average molecular weight is 203 g/mol. The lowest BCUT2D eigenvalue weighted by atomic mass is 9.73. The highest BCUT2D eigenvalue weighted by Gasteiger charge is 2.51. The fraction of sp³-hybridized carbons (Fsp3) is 1.00.